The molecule has 1 unspecified atom stereocenters. The van der Waals surface area contributed by atoms with Gasteiger partial charge in [0.05, 0.1) is 0 Å². The molecule has 0 saturated carbocycles. The van der Waals surface area contributed by atoms with Crippen molar-refractivity contribution >= 4 is 41.8 Å². The van der Waals surface area contributed by atoms with E-state index in [1.807, 2.05) is 0 Å². The van der Waals surface area contributed by atoms with E-state index in [0.717, 1.165) is 48.5 Å². The third kappa shape index (κ3) is 10.7. The van der Waals surface area contributed by atoms with Gasteiger partial charge in [0, 0.05) is 48.5 Å². The molecule has 248 valence electrons. The van der Waals surface area contributed by atoms with Gasteiger partial charge in [-0.3, -0.25) is 33.6 Å². The lowest BCUT2D eigenvalue weighted by Crippen LogP contribution is -2.67. The smallest absolute Gasteiger partial charge is 0.303 e. The number of aliphatic hydroxyl groups is 1. The number of carbonyl (C=O) groups is 7. The van der Waals surface area contributed by atoms with E-state index in [4.69, 9.17) is 47.4 Å². The first-order chi connectivity index (χ1) is 20.5. The lowest BCUT2D eigenvalue weighted by atomic mass is 9.96. The summed E-state index contributed by atoms with van der Waals surface area (Å²) in [6, 6.07) is 0. The number of aliphatic hydroxyl groups excluding tert-OH is 1. The molecule has 0 aromatic carbocycles. The molecule has 2 aliphatic heterocycles. The van der Waals surface area contributed by atoms with Crippen LogP contribution < -0.4 is 0 Å². The topological polar surface area (TPSA) is 232 Å². The molecule has 18 nitrogen and oxygen atoms in total. The molecule has 0 bridgehead atoms. The van der Waals surface area contributed by atoms with Crippen molar-refractivity contribution in [3.05, 3.63) is 0 Å². The normalized spacial score (nSPS) is 31.5. The van der Waals surface area contributed by atoms with Crippen LogP contribution in [0.15, 0.2) is 0 Å². The van der Waals surface area contributed by atoms with Crippen LogP contribution in [0.5, 0.6) is 0 Å². The van der Waals surface area contributed by atoms with Crippen molar-refractivity contribution < 1.29 is 86.0 Å². The molecule has 2 rings (SSSR count). The quantitative estimate of drug-likeness (QED) is 0.203. The van der Waals surface area contributed by atoms with Gasteiger partial charge >= 0.3 is 41.8 Å². The zero-order valence-corrected chi connectivity index (χ0v) is 25.1. The molecule has 2 heterocycles. The van der Waals surface area contributed by atoms with Crippen LogP contribution in [0.4, 0.5) is 0 Å². The molecule has 0 aromatic heterocycles. The first kappa shape index (κ1) is 36.3. The van der Waals surface area contributed by atoms with Crippen molar-refractivity contribution in [3.63, 3.8) is 0 Å². The molecular formula is C26H36O18. The van der Waals surface area contributed by atoms with Crippen LogP contribution in [0.2, 0.25) is 0 Å². The van der Waals surface area contributed by atoms with Crippen LogP contribution in [0.25, 0.3) is 0 Å². The molecule has 10 atom stereocenters. The average molecular weight is 637 g/mol. The second-order valence-electron chi connectivity index (χ2n) is 9.68. The van der Waals surface area contributed by atoms with E-state index < -0.39 is 116 Å². The number of carbonyl (C=O) groups excluding carboxylic acids is 7. The highest BCUT2D eigenvalue weighted by molar-refractivity contribution is 5.69. The summed E-state index contributed by atoms with van der Waals surface area (Å²) in [5, 5.41) is 10.8. The Hall–Kier alpha value is -3.87. The second-order valence-corrected chi connectivity index (χ2v) is 9.68. The summed E-state index contributed by atoms with van der Waals surface area (Å²) in [4.78, 5) is 83.5. The molecule has 0 radical (unpaired) electrons. The minimum atomic E-state index is -1.94. The summed E-state index contributed by atoms with van der Waals surface area (Å²) in [6.07, 6.45) is -16.4. The first-order valence-corrected chi connectivity index (χ1v) is 13.3. The minimum absolute atomic E-state index is 0.560. The van der Waals surface area contributed by atoms with E-state index in [1.54, 1.807) is 0 Å². The lowest BCUT2D eigenvalue weighted by Gasteiger charge is -2.48. The first-order valence-electron chi connectivity index (χ1n) is 13.3. The summed E-state index contributed by atoms with van der Waals surface area (Å²) < 4.78 is 54.0. The molecular weight excluding hydrogens is 600 g/mol. The molecule has 0 spiro atoms. The number of hydrogen-bond acceptors (Lipinski definition) is 18. The van der Waals surface area contributed by atoms with Gasteiger partial charge in [0.15, 0.2) is 43.1 Å². The zero-order chi connectivity index (χ0) is 33.3. The van der Waals surface area contributed by atoms with E-state index >= 15 is 0 Å². The van der Waals surface area contributed by atoms with Crippen molar-refractivity contribution in [1.82, 2.24) is 0 Å². The van der Waals surface area contributed by atoms with Crippen molar-refractivity contribution in [2.45, 2.75) is 110 Å². The maximum Gasteiger partial charge on any atom is 0.303 e. The predicted octanol–water partition coefficient (Wildman–Crippen LogP) is -1.40. The van der Waals surface area contributed by atoms with Crippen LogP contribution in [0.3, 0.4) is 0 Å². The molecule has 2 saturated heterocycles. The van der Waals surface area contributed by atoms with E-state index in [9.17, 15) is 38.7 Å². The summed E-state index contributed by atoms with van der Waals surface area (Å²) >= 11 is 0. The minimum Gasteiger partial charge on any atom is -0.463 e. The highest BCUT2D eigenvalue weighted by Crippen LogP contribution is 2.35. The summed E-state index contributed by atoms with van der Waals surface area (Å²) in [5.41, 5.74) is 0. The van der Waals surface area contributed by atoms with Crippen LogP contribution in [0.1, 0.15) is 48.5 Å². The molecule has 44 heavy (non-hydrogen) atoms. The number of ether oxygens (including phenoxy) is 10. The number of rotatable bonds is 11. The molecule has 2 fully saturated rings. The van der Waals surface area contributed by atoms with Gasteiger partial charge in [0.25, 0.3) is 0 Å². The van der Waals surface area contributed by atoms with E-state index in [2.05, 4.69) is 0 Å². The van der Waals surface area contributed by atoms with Crippen LogP contribution in [-0.4, -0.2) is 122 Å². The van der Waals surface area contributed by atoms with Gasteiger partial charge in [0.2, 0.25) is 0 Å². The maximum atomic E-state index is 12.2. The van der Waals surface area contributed by atoms with Crippen LogP contribution in [0, 0.1) is 0 Å². The van der Waals surface area contributed by atoms with Gasteiger partial charge in [-0.05, 0) is 0 Å². The third-order valence-corrected chi connectivity index (χ3v) is 5.90. The maximum absolute atomic E-state index is 12.2. The SMILES string of the molecule is CC(=O)OC[C@H]1O[C@H](O[C@H]2[C@@H](OC(C)=O)[C@@H](COC(C)=O)OC(O)[C@@H]2OC(C)=O)[C@H](OC(C)=O)[C@@H](OC(C)=O)[C@H]1OC(C)=O. The molecule has 0 aromatic rings. The zero-order valence-electron chi connectivity index (χ0n) is 25.1. The highest BCUT2D eigenvalue weighted by atomic mass is 16.8. The average Bonchev–Trinajstić information content (AvgIpc) is 2.87. The van der Waals surface area contributed by atoms with Crippen molar-refractivity contribution in [1.29, 1.82) is 0 Å². The summed E-state index contributed by atoms with van der Waals surface area (Å²) in [5.74, 6) is -6.03. The molecule has 0 amide bonds. The Bertz CT molecular complexity index is 1090. The van der Waals surface area contributed by atoms with Crippen LogP contribution >= 0.6 is 0 Å². The Labute approximate surface area is 251 Å². The standard InChI is InChI=1S/C26H36O18/c1-10(27)35-8-17-19(37-12(3)29)21(23(25(34)42-17)40-15(6)32)44-26-24(41-16(7)33)22(39-14(5)31)20(38-13(4)30)18(43-26)9-36-11(2)28/h17-26,34H,8-9H2,1-7H3/t17-,18-,19+,20+,21+,22+,23-,24-,25?,26-/m1/s1. The number of hydrogen-bond donors (Lipinski definition) is 1. The van der Waals surface area contributed by atoms with E-state index in [-0.39, 0.29) is 0 Å². The Morgan fingerprint density at radius 3 is 1.27 bits per heavy atom. The second kappa shape index (κ2) is 16.3. The predicted molar refractivity (Wildman–Crippen MR) is 135 cm³/mol. The van der Waals surface area contributed by atoms with Gasteiger partial charge in [0.1, 0.15) is 31.5 Å². The lowest BCUT2D eigenvalue weighted by molar-refractivity contribution is -0.357. The van der Waals surface area contributed by atoms with Gasteiger partial charge < -0.3 is 52.5 Å². The number of esters is 7. The van der Waals surface area contributed by atoms with Crippen molar-refractivity contribution in [2.75, 3.05) is 13.2 Å². The van der Waals surface area contributed by atoms with Gasteiger partial charge in [-0.1, -0.05) is 0 Å². The Morgan fingerprint density at radius 2 is 0.841 bits per heavy atom. The third-order valence-electron chi connectivity index (χ3n) is 5.90. The van der Waals surface area contributed by atoms with Gasteiger partial charge in [-0.15, -0.1) is 0 Å². The van der Waals surface area contributed by atoms with Crippen LogP contribution in [-0.2, 0) is 80.9 Å². The van der Waals surface area contributed by atoms with Crippen molar-refractivity contribution in [2.24, 2.45) is 0 Å². The van der Waals surface area contributed by atoms with Gasteiger partial charge in [-0.25, -0.2) is 0 Å². The Balaban J connectivity index is 2.66. The largest absolute Gasteiger partial charge is 0.463 e. The fourth-order valence-corrected chi connectivity index (χ4v) is 4.49. The van der Waals surface area contributed by atoms with E-state index in [1.165, 1.54) is 0 Å². The summed E-state index contributed by atoms with van der Waals surface area (Å²) in [7, 11) is 0. The highest BCUT2D eigenvalue weighted by Gasteiger charge is 2.57. The Kier molecular flexibility index (Phi) is 13.4. The molecule has 2 aliphatic rings. The van der Waals surface area contributed by atoms with E-state index in [0.29, 0.717) is 0 Å². The molecule has 18 heteroatoms. The molecule has 0 aliphatic carbocycles. The summed E-state index contributed by atoms with van der Waals surface area (Å²) in [6.45, 7) is 6.13. The monoisotopic (exact) mass is 636 g/mol. The van der Waals surface area contributed by atoms with Gasteiger partial charge in [-0.2, -0.15) is 0 Å². The fourth-order valence-electron chi connectivity index (χ4n) is 4.49. The van der Waals surface area contributed by atoms with Crippen molar-refractivity contribution in [3.8, 4) is 0 Å². The fraction of sp³-hybridized carbons (Fsp3) is 0.731. The Morgan fingerprint density at radius 1 is 0.477 bits per heavy atom. The molecule has 1 N–H and O–H groups in total.